The van der Waals surface area contributed by atoms with E-state index in [0.717, 1.165) is 0 Å². The van der Waals surface area contributed by atoms with E-state index < -0.39 is 10.0 Å². The SMILES string of the molecule is CC(=O)c1ccc(N2CC(C)CS2(=O)=O)cc1. The zero-order valence-electron chi connectivity index (χ0n) is 9.88. The quantitative estimate of drug-likeness (QED) is 0.753. The topological polar surface area (TPSA) is 54.5 Å². The highest BCUT2D eigenvalue weighted by Crippen LogP contribution is 2.26. The largest absolute Gasteiger partial charge is 0.295 e. The number of anilines is 1. The summed E-state index contributed by atoms with van der Waals surface area (Å²) in [5, 5.41) is 0. The summed E-state index contributed by atoms with van der Waals surface area (Å²) in [5.74, 6) is 0.322. The molecule has 5 heteroatoms. The number of hydrogen-bond donors (Lipinski definition) is 0. The van der Waals surface area contributed by atoms with Crippen molar-refractivity contribution in [2.45, 2.75) is 13.8 Å². The Balaban J connectivity index is 2.32. The molecule has 1 fully saturated rings. The van der Waals surface area contributed by atoms with Gasteiger partial charge in [0.2, 0.25) is 10.0 Å². The normalized spacial score (nSPS) is 22.7. The lowest BCUT2D eigenvalue weighted by molar-refractivity contribution is 0.101. The summed E-state index contributed by atoms with van der Waals surface area (Å²) in [4.78, 5) is 11.1. The van der Waals surface area contributed by atoms with E-state index in [4.69, 9.17) is 0 Å². The Labute approximate surface area is 101 Å². The number of rotatable bonds is 2. The van der Waals surface area contributed by atoms with E-state index in [0.29, 0.717) is 17.8 Å². The Morgan fingerprint density at radius 1 is 1.29 bits per heavy atom. The average Bonchev–Trinajstić information content (AvgIpc) is 2.52. The van der Waals surface area contributed by atoms with Crippen LogP contribution in [0, 0.1) is 5.92 Å². The van der Waals surface area contributed by atoms with Gasteiger partial charge in [-0.25, -0.2) is 8.42 Å². The van der Waals surface area contributed by atoms with Crippen molar-refractivity contribution in [2.75, 3.05) is 16.6 Å². The molecule has 17 heavy (non-hydrogen) atoms. The van der Waals surface area contributed by atoms with Gasteiger partial charge < -0.3 is 0 Å². The van der Waals surface area contributed by atoms with Gasteiger partial charge in [0, 0.05) is 12.1 Å². The van der Waals surface area contributed by atoms with Crippen molar-refractivity contribution in [3.05, 3.63) is 29.8 Å². The molecule has 1 aliphatic heterocycles. The van der Waals surface area contributed by atoms with Gasteiger partial charge >= 0.3 is 0 Å². The summed E-state index contributed by atoms with van der Waals surface area (Å²) in [7, 11) is -3.17. The number of hydrogen-bond acceptors (Lipinski definition) is 3. The van der Waals surface area contributed by atoms with Crippen LogP contribution in [0.4, 0.5) is 5.69 Å². The Hall–Kier alpha value is -1.36. The zero-order valence-corrected chi connectivity index (χ0v) is 10.7. The molecular weight excluding hydrogens is 238 g/mol. The molecule has 0 bridgehead atoms. The Morgan fingerprint density at radius 2 is 1.88 bits per heavy atom. The fraction of sp³-hybridized carbons (Fsp3) is 0.417. The fourth-order valence-electron chi connectivity index (χ4n) is 2.03. The third-order valence-corrected chi connectivity index (χ3v) is 4.89. The highest BCUT2D eigenvalue weighted by Gasteiger charge is 2.33. The number of Topliss-reactive ketones (excluding diaryl/α,β-unsaturated/α-hetero) is 1. The van der Waals surface area contributed by atoms with E-state index >= 15 is 0 Å². The Bertz CT molecular complexity index is 533. The number of sulfonamides is 1. The minimum Gasteiger partial charge on any atom is -0.295 e. The molecular formula is C12H15NO3S. The van der Waals surface area contributed by atoms with Crippen molar-refractivity contribution >= 4 is 21.5 Å². The predicted molar refractivity (Wildman–Crippen MR) is 66.7 cm³/mol. The van der Waals surface area contributed by atoms with Crippen LogP contribution in [0.2, 0.25) is 0 Å². The summed E-state index contributed by atoms with van der Waals surface area (Å²) in [6.45, 7) is 3.92. The molecule has 1 aromatic rings. The number of nitrogens with zero attached hydrogens (tertiary/aromatic N) is 1. The molecule has 1 atom stereocenters. The molecule has 1 aromatic carbocycles. The molecule has 0 aliphatic carbocycles. The van der Waals surface area contributed by atoms with Gasteiger partial charge in [0.05, 0.1) is 11.4 Å². The third kappa shape index (κ3) is 2.34. The summed E-state index contributed by atoms with van der Waals surface area (Å²) >= 11 is 0. The Kier molecular flexibility index (Phi) is 2.95. The van der Waals surface area contributed by atoms with Gasteiger partial charge in [-0.3, -0.25) is 9.10 Å². The highest BCUT2D eigenvalue weighted by molar-refractivity contribution is 7.93. The minimum atomic E-state index is -3.17. The van der Waals surface area contributed by atoms with Gasteiger partial charge in [0.25, 0.3) is 0 Å². The molecule has 0 amide bonds. The average molecular weight is 253 g/mol. The van der Waals surface area contributed by atoms with Crippen LogP contribution in [0.5, 0.6) is 0 Å². The molecule has 4 nitrogen and oxygen atoms in total. The van der Waals surface area contributed by atoms with Gasteiger partial charge in [-0.1, -0.05) is 6.92 Å². The van der Waals surface area contributed by atoms with Crippen molar-refractivity contribution < 1.29 is 13.2 Å². The van der Waals surface area contributed by atoms with E-state index in [1.165, 1.54) is 11.2 Å². The van der Waals surface area contributed by atoms with Crippen molar-refractivity contribution in [3.8, 4) is 0 Å². The molecule has 0 N–H and O–H groups in total. The van der Waals surface area contributed by atoms with Crippen LogP contribution < -0.4 is 4.31 Å². The van der Waals surface area contributed by atoms with Crippen LogP contribution in [0.15, 0.2) is 24.3 Å². The standard InChI is InChI=1S/C12H15NO3S/c1-9-7-13(17(15,16)8-9)12-5-3-11(4-6-12)10(2)14/h3-6,9H,7-8H2,1-2H3. The number of carbonyl (C=O) groups is 1. The first-order chi connectivity index (χ1) is 7.90. The van der Waals surface area contributed by atoms with Crippen molar-refractivity contribution in [1.82, 2.24) is 0 Å². The first-order valence-corrected chi connectivity index (χ1v) is 7.12. The van der Waals surface area contributed by atoms with Gasteiger partial charge in [-0.15, -0.1) is 0 Å². The smallest absolute Gasteiger partial charge is 0.235 e. The Morgan fingerprint density at radius 3 is 2.29 bits per heavy atom. The van der Waals surface area contributed by atoms with Gasteiger partial charge in [-0.05, 0) is 37.1 Å². The van der Waals surface area contributed by atoms with E-state index in [-0.39, 0.29) is 17.5 Å². The zero-order chi connectivity index (χ0) is 12.6. The first kappa shape index (κ1) is 12.1. The van der Waals surface area contributed by atoms with Crippen molar-refractivity contribution in [1.29, 1.82) is 0 Å². The van der Waals surface area contributed by atoms with Gasteiger partial charge in [-0.2, -0.15) is 0 Å². The highest BCUT2D eigenvalue weighted by atomic mass is 32.2. The van der Waals surface area contributed by atoms with E-state index in [2.05, 4.69) is 0 Å². The molecule has 0 saturated carbocycles. The van der Waals surface area contributed by atoms with E-state index in [9.17, 15) is 13.2 Å². The number of ketones is 1. The van der Waals surface area contributed by atoms with Crippen LogP contribution in [-0.2, 0) is 10.0 Å². The second kappa shape index (κ2) is 4.14. The molecule has 1 heterocycles. The summed E-state index contributed by atoms with van der Waals surface area (Å²) in [6.07, 6.45) is 0. The molecule has 0 aromatic heterocycles. The first-order valence-electron chi connectivity index (χ1n) is 5.51. The maximum absolute atomic E-state index is 11.9. The van der Waals surface area contributed by atoms with Crippen LogP contribution in [-0.4, -0.2) is 26.5 Å². The van der Waals surface area contributed by atoms with Gasteiger partial charge in [0.1, 0.15) is 0 Å². The lowest BCUT2D eigenvalue weighted by Gasteiger charge is -2.17. The molecule has 0 radical (unpaired) electrons. The second-order valence-electron chi connectivity index (χ2n) is 4.52. The van der Waals surface area contributed by atoms with E-state index in [1.54, 1.807) is 24.3 Å². The molecule has 1 saturated heterocycles. The second-order valence-corrected chi connectivity index (χ2v) is 6.46. The van der Waals surface area contributed by atoms with Crippen LogP contribution in [0.3, 0.4) is 0 Å². The predicted octanol–water partition coefficient (Wildman–Crippen LogP) is 1.68. The molecule has 0 spiro atoms. The van der Waals surface area contributed by atoms with Crippen LogP contribution in [0.1, 0.15) is 24.2 Å². The third-order valence-electron chi connectivity index (χ3n) is 2.87. The van der Waals surface area contributed by atoms with Crippen LogP contribution >= 0.6 is 0 Å². The lowest BCUT2D eigenvalue weighted by Crippen LogP contribution is -2.25. The number of benzene rings is 1. The lowest BCUT2D eigenvalue weighted by atomic mass is 10.1. The van der Waals surface area contributed by atoms with Crippen molar-refractivity contribution in [2.24, 2.45) is 5.92 Å². The maximum Gasteiger partial charge on any atom is 0.235 e. The monoisotopic (exact) mass is 253 g/mol. The molecule has 2 rings (SSSR count). The van der Waals surface area contributed by atoms with Crippen LogP contribution in [0.25, 0.3) is 0 Å². The summed E-state index contributed by atoms with van der Waals surface area (Å²) < 4.78 is 25.1. The van der Waals surface area contributed by atoms with Crippen molar-refractivity contribution in [3.63, 3.8) is 0 Å². The summed E-state index contributed by atoms with van der Waals surface area (Å²) in [5.41, 5.74) is 1.23. The molecule has 92 valence electrons. The maximum atomic E-state index is 11.9. The molecule has 1 aliphatic rings. The van der Waals surface area contributed by atoms with Gasteiger partial charge in [0.15, 0.2) is 5.78 Å². The fourth-order valence-corrected chi connectivity index (χ4v) is 3.96. The number of carbonyl (C=O) groups excluding carboxylic acids is 1. The summed E-state index contributed by atoms with van der Waals surface area (Å²) in [6, 6.07) is 6.70. The van der Waals surface area contributed by atoms with E-state index in [1.807, 2.05) is 6.92 Å². The minimum absolute atomic E-state index is 0.0193. The molecule has 1 unspecified atom stereocenters.